The number of aliphatic hydroxyl groups excluding tert-OH is 1. The zero-order valence-corrected chi connectivity index (χ0v) is 15.8. The minimum Gasteiger partial charge on any atom is -0.390 e. The van der Waals surface area contributed by atoms with E-state index in [1.807, 2.05) is 25.1 Å². The van der Waals surface area contributed by atoms with Crippen molar-refractivity contribution >= 4 is 11.4 Å². The van der Waals surface area contributed by atoms with Gasteiger partial charge in [0.25, 0.3) is 0 Å². The third-order valence-electron chi connectivity index (χ3n) is 6.30. The van der Waals surface area contributed by atoms with Gasteiger partial charge < -0.3 is 15.5 Å². The van der Waals surface area contributed by atoms with E-state index in [-0.39, 0.29) is 12.0 Å². The summed E-state index contributed by atoms with van der Waals surface area (Å²) in [7, 11) is 0. The van der Waals surface area contributed by atoms with E-state index >= 15 is 0 Å². The number of nitrogens with one attached hydrogen (secondary N) is 1. The summed E-state index contributed by atoms with van der Waals surface area (Å²) in [4.78, 5) is 3.59. The molecule has 2 aromatic rings. The molecule has 1 aliphatic heterocycles. The van der Waals surface area contributed by atoms with E-state index < -0.39 is 11.7 Å². The van der Waals surface area contributed by atoms with Crippen molar-refractivity contribution in [2.45, 2.75) is 50.4 Å². The first kappa shape index (κ1) is 18.5. The third-order valence-corrected chi connectivity index (χ3v) is 6.30. The van der Waals surface area contributed by atoms with Gasteiger partial charge in [0.1, 0.15) is 5.60 Å². The van der Waals surface area contributed by atoms with Gasteiger partial charge in [0.15, 0.2) is 5.69 Å². The van der Waals surface area contributed by atoms with Crippen molar-refractivity contribution in [3.05, 3.63) is 70.1 Å². The maximum atomic E-state index is 11.6. The molecule has 4 atom stereocenters. The molecule has 5 heteroatoms. The molecule has 0 aromatic heterocycles. The molecule has 1 fully saturated rings. The van der Waals surface area contributed by atoms with Crippen LogP contribution in [0.5, 0.6) is 0 Å². The second-order valence-corrected chi connectivity index (χ2v) is 8.06. The second kappa shape index (κ2) is 6.95. The topological polar surface area (TPSA) is 80.6 Å². The molecule has 0 amide bonds. The normalized spacial score (nSPS) is 28.2. The van der Waals surface area contributed by atoms with Crippen LogP contribution in [0.25, 0.3) is 4.85 Å². The Bertz CT molecular complexity index is 987. The lowest BCUT2D eigenvalue weighted by atomic mass is 9.66. The van der Waals surface area contributed by atoms with Crippen LogP contribution in [-0.2, 0) is 12.8 Å². The van der Waals surface area contributed by atoms with Crippen LogP contribution >= 0.6 is 0 Å². The van der Waals surface area contributed by atoms with Crippen molar-refractivity contribution in [2.75, 3.05) is 5.32 Å². The standard InChI is InChI=1S/C23H23N3O2/c1-14-9-18-10-17-7-8-21(27)23(28,12-15-3-5-16(13-24)6-4-15)22(17)26-20(18)11-19(14)25-2/h3-6,9,11,17,21-22,26-28H,7-8,10,12H2,1H3/t17?,21?,22?,23-/m1/s1. The van der Waals surface area contributed by atoms with Crippen molar-refractivity contribution < 1.29 is 10.2 Å². The number of benzene rings is 2. The fourth-order valence-corrected chi connectivity index (χ4v) is 4.75. The number of fused-ring (bicyclic) bond motifs is 2. The number of nitrogens with zero attached hydrogens (tertiary/aromatic N) is 2. The molecule has 5 nitrogen and oxygen atoms in total. The zero-order valence-electron chi connectivity index (χ0n) is 15.8. The molecular weight excluding hydrogens is 350 g/mol. The molecule has 3 N–H and O–H groups in total. The maximum Gasteiger partial charge on any atom is 0.192 e. The third kappa shape index (κ3) is 3.03. The van der Waals surface area contributed by atoms with Crippen molar-refractivity contribution in [3.63, 3.8) is 0 Å². The Morgan fingerprint density at radius 2 is 2.04 bits per heavy atom. The molecule has 2 aliphatic rings. The molecular formula is C23H23N3O2. The first-order valence-electron chi connectivity index (χ1n) is 9.61. The van der Waals surface area contributed by atoms with Gasteiger partial charge in [-0.1, -0.05) is 18.2 Å². The van der Waals surface area contributed by atoms with Crippen LogP contribution in [0, 0.1) is 30.7 Å². The fourth-order valence-electron chi connectivity index (χ4n) is 4.75. The highest BCUT2D eigenvalue weighted by Gasteiger charge is 2.51. The van der Waals surface area contributed by atoms with E-state index in [1.54, 1.807) is 12.1 Å². The van der Waals surface area contributed by atoms with Gasteiger partial charge in [0, 0.05) is 12.1 Å². The summed E-state index contributed by atoms with van der Waals surface area (Å²) in [6, 6.07) is 12.9. The summed E-state index contributed by atoms with van der Waals surface area (Å²) in [6.07, 6.45) is 1.71. The second-order valence-electron chi connectivity index (χ2n) is 8.06. The van der Waals surface area contributed by atoms with Crippen LogP contribution in [-0.4, -0.2) is 28.0 Å². The summed E-state index contributed by atoms with van der Waals surface area (Å²) >= 11 is 0. The van der Waals surface area contributed by atoms with Gasteiger partial charge in [-0.25, -0.2) is 4.85 Å². The SMILES string of the molecule is [C-]#[N+]c1cc2c(cc1C)CC1CCC(O)[C@](O)(Cc3ccc(C#N)cc3)C1N2. The Morgan fingerprint density at radius 1 is 1.29 bits per heavy atom. The average Bonchev–Trinajstić information content (AvgIpc) is 2.70. The molecule has 1 saturated carbocycles. The quantitative estimate of drug-likeness (QED) is 0.704. The van der Waals surface area contributed by atoms with Gasteiger partial charge >= 0.3 is 0 Å². The predicted octanol–water partition coefficient (Wildman–Crippen LogP) is 3.50. The average molecular weight is 373 g/mol. The maximum absolute atomic E-state index is 11.6. The Hall–Kier alpha value is -2.86. The van der Waals surface area contributed by atoms with E-state index in [0.29, 0.717) is 24.1 Å². The molecule has 0 radical (unpaired) electrons. The molecule has 3 unspecified atom stereocenters. The van der Waals surface area contributed by atoms with Gasteiger partial charge in [-0.3, -0.25) is 0 Å². The van der Waals surface area contributed by atoms with Crippen molar-refractivity contribution in [1.82, 2.24) is 0 Å². The van der Waals surface area contributed by atoms with Crippen LogP contribution in [0.3, 0.4) is 0 Å². The Balaban J connectivity index is 1.68. The van der Waals surface area contributed by atoms with Crippen molar-refractivity contribution in [2.24, 2.45) is 5.92 Å². The van der Waals surface area contributed by atoms with Crippen LogP contribution in [0.15, 0.2) is 36.4 Å². The van der Waals surface area contributed by atoms with E-state index in [9.17, 15) is 10.2 Å². The minimum atomic E-state index is -1.31. The Morgan fingerprint density at radius 3 is 2.71 bits per heavy atom. The smallest absolute Gasteiger partial charge is 0.192 e. The summed E-state index contributed by atoms with van der Waals surface area (Å²) < 4.78 is 0. The lowest BCUT2D eigenvalue weighted by molar-refractivity contribution is -0.122. The van der Waals surface area contributed by atoms with Gasteiger partial charge in [-0.05, 0) is 67.0 Å². The zero-order chi connectivity index (χ0) is 19.9. The monoisotopic (exact) mass is 373 g/mol. The molecule has 0 bridgehead atoms. The molecule has 0 spiro atoms. The number of anilines is 1. The number of hydrogen-bond acceptors (Lipinski definition) is 4. The highest BCUT2D eigenvalue weighted by Crippen LogP contribution is 2.44. The number of hydrogen-bond donors (Lipinski definition) is 3. The number of aryl methyl sites for hydroxylation is 1. The van der Waals surface area contributed by atoms with Crippen LogP contribution in [0.2, 0.25) is 0 Å². The Labute approximate surface area is 165 Å². The van der Waals surface area contributed by atoms with Gasteiger partial charge in [-0.2, -0.15) is 5.26 Å². The van der Waals surface area contributed by atoms with Gasteiger partial charge in [0.2, 0.25) is 0 Å². The Kier molecular flexibility index (Phi) is 4.59. The summed E-state index contributed by atoms with van der Waals surface area (Å²) in [6.45, 7) is 9.31. The highest BCUT2D eigenvalue weighted by molar-refractivity contribution is 5.67. The van der Waals surface area contributed by atoms with E-state index in [1.165, 1.54) is 5.56 Å². The number of aliphatic hydroxyl groups is 2. The van der Waals surface area contributed by atoms with E-state index in [2.05, 4.69) is 22.3 Å². The molecule has 28 heavy (non-hydrogen) atoms. The molecule has 2 aromatic carbocycles. The van der Waals surface area contributed by atoms with Crippen molar-refractivity contribution in [3.8, 4) is 6.07 Å². The van der Waals surface area contributed by atoms with Crippen LogP contribution in [0.4, 0.5) is 11.4 Å². The van der Waals surface area contributed by atoms with Crippen LogP contribution < -0.4 is 5.32 Å². The summed E-state index contributed by atoms with van der Waals surface area (Å²) in [5.74, 6) is 0.220. The largest absolute Gasteiger partial charge is 0.390 e. The van der Waals surface area contributed by atoms with E-state index in [0.717, 1.165) is 29.7 Å². The minimum absolute atomic E-state index is 0.220. The number of nitriles is 1. The lowest BCUT2D eigenvalue weighted by Gasteiger charge is -2.51. The first-order chi connectivity index (χ1) is 13.4. The molecule has 1 heterocycles. The summed E-state index contributed by atoms with van der Waals surface area (Å²) in [5, 5.41) is 34.8. The molecule has 1 aliphatic carbocycles. The fraction of sp³-hybridized carbons (Fsp3) is 0.391. The highest BCUT2D eigenvalue weighted by atomic mass is 16.3. The van der Waals surface area contributed by atoms with Crippen LogP contribution in [0.1, 0.15) is 35.1 Å². The first-order valence-corrected chi connectivity index (χ1v) is 9.61. The van der Waals surface area contributed by atoms with E-state index in [4.69, 9.17) is 11.8 Å². The van der Waals surface area contributed by atoms with Crippen molar-refractivity contribution in [1.29, 1.82) is 5.26 Å². The lowest BCUT2D eigenvalue weighted by Crippen LogP contribution is -2.63. The molecule has 4 rings (SSSR count). The molecule has 0 saturated heterocycles. The number of rotatable bonds is 2. The summed E-state index contributed by atoms with van der Waals surface area (Å²) in [5.41, 5.74) is 3.78. The predicted molar refractivity (Wildman–Crippen MR) is 107 cm³/mol. The molecule has 142 valence electrons. The van der Waals surface area contributed by atoms with Gasteiger partial charge in [-0.15, -0.1) is 0 Å². The van der Waals surface area contributed by atoms with Gasteiger partial charge in [0.05, 0.1) is 30.4 Å².